The lowest BCUT2D eigenvalue weighted by atomic mass is 10.0. The summed E-state index contributed by atoms with van der Waals surface area (Å²) < 4.78 is 13.9. The molecule has 1 nitrogen and oxygen atoms in total. The van der Waals surface area contributed by atoms with E-state index < -0.39 is 0 Å². The molecule has 0 aliphatic carbocycles. The van der Waals surface area contributed by atoms with Crippen molar-refractivity contribution >= 4 is 22.7 Å². The van der Waals surface area contributed by atoms with Crippen LogP contribution in [0, 0.1) is 12.7 Å². The van der Waals surface area contributed by atoms with Gasteiger partial charge in [-0.25, -0.2) is 9.37 Å². The average Bonchev–Trinajstić information content (AvgIpc) is 3.25. The van der Waals surface area contributed by atoms with Gasteiger partial charge in [0.2, 0.25) is 0 Å². The van der Waals surface area contributed by atoms with Gasteiger partial charge >= 0.3 is 0 Å². The van der Waals surface area contributed by atoms with Crippen LogP contribution in [0.1, 0.15) is 4.88 Å². The van der Waals surface area contributed by atoms with E-state index in [4.69, 9.17) is 4.98 Å². The molecule has 0 bridgehead atoms. The van der Waals surface area contributed by atoms with Gasteiger partial charge in [-0.05, 0) is 30.0 Å². The van der Waals surface area contributed by atoms with Crippen LogP contribution in [0.15, 0.2) is 65.4 Å². The van der Waals surface area contributed by atoms with Crippen molar-refractivity contribution in [1.82, 2.24) is 4.98 Å². The van der Waals surface area contributed by atoms with E-state index in [1.807, 2.05) is 30.3 Å². The summed E-state index contributed by atoms with van der Waals surface area (Å²) in [7, 11) is 0. The third kappa shape index (κ3) is 2.79. The number of halogens is 1. The molecule has 0 radical (unpaired) electrons. The number of aromatic nitrogens is 1. The SMILES string of the molecule is Cc1sc(-c2ccsc2)nc1-c1ccc(-c2ccccc2F)cc1. The van der Waals surface area contributed by atoms with Gasteiger partial charge in [0.1, 0.15) is 10.8 Å². The molecule has 2 heterocycles. The molecule has 0 saturated heterocycles. The smallest absolute Gasteiger partial charge is 0.131 e. The second-order valence-electron chi connectivity index (χ2n) is 5.49. The van der Waals surface area contributed by atoms with E-state index in [-0.39, 0.29) is 5.82 Å². The molecule has 0 atom stereocenters. The van der Waals surface area contributed by atoms with Gasteiger partial charge in [0.25, 0.3) is 0 Å². The third-order valence-corrected chi connectivity index (χ3v) is 5.61. The van der Waals surface area contributed by atoms with Crippen molar-refractivity contribution in [2.75, 3.05) is 0 Å². The van der Waals surface area contributed by atoms with Crippen LogP contribution in [0.25, 0.3) is 33.0 Å². The highest BCUT2D eigenvalue weighted by Gasteiger charge is 2.12. The molecule has 0 spiro atoms. The molecule has 118 valence electrons. The summed E-state index contributed by atoms with van der Waals surface area (Å²) >= 11 is 3.38. The van der Waals surface area contributed by atoms with Gasteiger partial charge in [-0.2, -0.15) is 11.3 Å². The van der Waals surface area contributed by atoms with Crippen molar-refractivity contribution in [3.8, 4) is 33.0 Å². The molecular weight excluding hydrogens is 337 g/mol. The Morgan fingerprint density at radius 3 is 2.33 bits per heavy atom. The van der Waals surface area contributed by atoms with Gasteiger partial charge in [0.05, 0.1) is 5.69 Å². The number of benzene rings is 2. The molecule has 2 aromatic carbocycles. The number of hydrogen-bond acceptors (Lipinski definition) is 3. The van der Waals surface area contributed by atoms with Gasteiger partial charge in [-0.3, -0.25) is 0 Å². The first kappa shape index (κ1) is 15.2. The standard InChI is InChI=1S/C20H14FNS2/c1-13-19(22-20(24-13)16-10-11-23-12-16)15-8-6-14(7-9-15)17-4-2-3-5-18(17)21/h2-12H,1H3. The summed E-state index contributed by atoms with van der Waals surface area (Å²) in [6.07, 6.45) is 0. The van der Waals surface area contributed by atoms with Gasteiger partial charge in [0.15, 0.2) is 0 Å². The van der Waals surface area contributed by atoms with E-state index >= 15 is 0 Å². The molecule has 0 aliphatic rings. The molecule has 4 rings (SSSR count). The average molecular weight is 351 g/mol. The molecule has 0 aliphatic heterocycles. The molecule has 4 heteroatoms. The lowest BCUT2D eigenvalue weighted by Gasteiger charge is -2.05. The number of nitrogens with zero attached hydrogens (tertiary/aromatic N) is 1. The Bertz CT molecular complexity index is 969. The van der Waals surface area contributed by atoms with Crippen molar-refractivity contribution in [1.29, 1.82) is 0 Å². The summed E-state index contributed by atoms with van der Waals surface area (Å²) in [5.74, 6) is -0.199. The second kappa shape index (κ2) is 6.30. The minimum absolute atomic E-state index is 0.199. The highest BCUT2D eigenvalue weighted by molar-refractivity contribution is 7.16. The van der Waals surface area contributed by atoms with Gasteiger partial charge in [-0.15, -0.1) is 11.3 Å². The van der Waals surface area contributed by atoms with Gasteiger partial charge in [-0.1, -0.05) is 42.5 Å². The Hall–Kier alpha value is -2.30. The normalized spacial score (nSPS) is 10.9. The van der Waals surface area contributed by atoms with Crippen LogP contribution in [0.5, 0.6) is 0 Å². The first-order chi connectivity index (χ1) is 11.7. The molecule has 0 saturated carbocycles. The van der Waals surface area contributed by atoms with Crippen molar-refractivity contribution in [2.45, 2.75) is 6.92 Å². The van der Waals surface area contributed by atoms with E-state index in [0.29, 0.717) is 5.56 Å². The van der Waals surface area contributed by atoms with Crippen molar-refractivity contribution in [3.63, 3.8) is 0 Å². The maximum absolute atomic E-state index is 13.9. The van der Waals surface area contributed by atoms with Crippen LogP contribution < -0.4 is 0 Å². The Morgan fingerprint density at radius 1 is 0.875 bits per heavy atom. The fraction of sp³-hybridized carbons (Fsp3) is 0.0500. The molecule has 2 aromatic heterocycles. The highest BCUT2D eigenvalue weighted by atomic mass is 32.1. The van der Waals surface area contributed by atoms with E-state index in [2.05, 4.69) is 23.8 Å². The van der Waals surface area contributed by atoms with E-state index in [1.54, 1.807) is 34.8 Å². The number of thiophene rings is 1. The van der Waals surface area contributed by atoms with Gasteiger partial charge < -0.3 is 0 Å². The topological polar surface area (TPSA) is 12.9 Å². The third-order valence-electron chi connectivity index (χ3n) is 3.91. The predicted octanol–water partition coefficient (Wildman–Crippen LogP) is 6.65. The number of thiazole rings is 1. The van der Waals surface area contributed by atoms with Crippen LogP contribution in [0.3, 0.4) is 0 Å². The number of hydrogen-bond donors (Lipinski definition) is 0. The molecule has 4 aromatic rings. The van der Waals surface area contributed by atoms with Gasteiger partial charge in [0, 0.05) is 26.9 Å². The zero-order chi connectivity index (χ0) is 16.5. The summed E-state index contributed by atoms with van der Waals surface area (Å²) in [5, 5.41) is 5.22. The van der Waals surface area contributed by atoms with Crippen LogP contribution in [0.2, 0.25) is 0 Å². The Kier molecular flexibility index (Phi) is 4.00. The largest absolute Gasteiger partial charge is 0.236 e. The maximum Gasteiger partial charge on any atom is 0.131 e. The van der Waals surface area contributed by atoms with Crippen molar-refractivity contribution in [3.05, 3.63) is 76.1 Å². The van der Waals surface area contributed by atoms with E-state index in [1.165, 1.54) is 16.5 Å². The zero-order valence-corrected chi connectivity index (χ0v) is 14.6. The van der Waals surface area contributed by atoms with Crippen LogP contribution in [-0.2, 0) is 0 Å². The minimum Gasteiger partial charge on any atom is -0.236 e. The monoisotopic (exact) mass is 351 g/mol. The molecule has 0 unspecified atom stereocenters. The van der Waals surface area contributed by atoms with Crippen LogP contribution in [-0.4, -0.2) is 4.98 Å². The van der Waals surface area contributed by atoms with E-state index in [9.17, 15) is 4.39 Å². The molecule has 0 amide bonds. The maximum atomic E-state index is 13.9. The summed E-state index contributed by atoms with van der Waals surface area (Å²) in [5.41, 5.74) is 4.73. The number of aryl methyl sites for hydroxylation is 1. The zero-order valence-electron chi connectivity index (χ0n) is 13.0. The van der Waals surface area contributed by atoms with E-state index in [0.717, 1.165) is 21.8 Å². The van der Waals surface area contributed by atoms with Crippen LogP contribution >= 0.6 is 22.7 Å². The first-order valence-electron chi connectivity index (χ1n) is 7.58. The lowest BCUT2D eigenvalue weighted by Crippen LogP contribution is -1.85. The first-order valence-corrected chi connectivity index (χ1v) is 9.33. The second-order valence-corrected chi connectivity index (χ2v) is 7.48. The summed E-state index contributed by atoms with van der Waals surface area (Å²) in [4.78, 5) is 5.98. The summed E-state index contributed by atoms with van der Waals surface area (Å²) in [6.45, 7) is 2.09. The summed E-state index contributed by atoms with van der Waals surface area (Å²) in [6, 6.07) is 16.9. The number of rotatable bonds is 3. The van der Waals surface area contributed by atoms with Crippen LogP contribution in [0.4, 0.5) is 4.39 Å². The highest BCUT2D eigenvalue weighted by Crippen LogP contribution is 2.35. The Morgan fingerprint density at radius 2 is 1.62 bits per heavy atom. The molecule has 0 fully saturated rings. The fourth-order valence-electron chi connectivity index (χ4n) is 2.68. The molecule has 24 heavy (non-hydrogen) atoms. The van der Waals surface area contributed by atoms with Crippen molar-refractivity contribution < 1.29 is 4.39 Å². The van der Waals surface area contributed by atoms with Crippen molar-refractivity contribution in [2.24, 2.45) is 0 Å². The molecular formula is C20H14FNS2. The quantitative estimate of drug-likeness (QED) is 0.402. The Balaban J connectivity index is 1.70. The Labute approximate surface area is 148 Å². The fourth-order valence-corrected chi connectivity index (χ4v) is 4.32. The molecule has 0 N–H and O–H groups in total. The predicted molar refractivity (Wildman–Crippen MR) is 101 cm³/mol. The minimum atomic E-state index is -0.199. The lowest BCUT2D eigenvalue weighted by molar-refractivity contribution is 0.631.